The second kappa shape index (κ2) is 7.49. The predicted molar refractivity (Wildman–Crippen MR) is 91.2 cm³/mol. The van der Waals surface area contributed by atoms with E-state index >= 15 is 0 Å². The average Bonchev–Trinajstić information content (AvgIpc) is 2.61. The number of nitrogens with zero attached hydrogens (tertiary/aromatic N) is 3. The summed E-state index contributed by atoms with van der Waals surface area (Å²) in [4.78, 5) is 21.9. The molecule has 2 aromatic rings. The molecule has 1 N–H and O–H groups in total. The summed E-state index contributed by atoms with van der Waals surface area (Å²) in [6, 6.07) is 5.29. The lowest BCUT2D eigenvalue weighted by Gasteiger charge is -2.34. The zero-order valence-electron chi connectivity index (χ0n) is 13.6. The Morgan fingerprint density at radius 2 is 2.08 bits per heavy atom. The molecule has 5 nitrogen and oxygen atoms in total. The molecule has 0 radical (unpaired) electrons. The number of piperidine rings is 1. The third kappa shape index (κ3) is 4.43. The summed E-state index contributed by atoms with van der Waals surface area (Å²) in [5, 5.41) is 3.16. The molecule has 138 valence electrons. The topological polar surface area (TPSA) is 58.1 Å². The minimum Gasteiger partial charge on any atom is -0.355 e. The molecule has 0 saturated carbocycles. The van der Waals surface area contributed by atoms with Crippen LogP contribution in [0.1, 0.15) is 28.8 Å². The molecule has 1 saturated heterocycles. The first kappa shape index (κ1) is 18.4. The van der Waals surface area contributed by atoms with Gasteiger partial charge in [-0.2, -0.15) is 13.2 Å². The summed E-state index contributed by atoms with van der Waals surface area (Å²) in [5.74, 6) is 0.199. The lowest BCUT2D eigenvalue weighted by molar-refractivity contribution is -0.137. The SMILES string of the molecule is O=C(N[C@@H]1CCCN(c2ccc(C(F)(F)F)cn2)C1)c1ccnc(Cl)c1. The molecule has 1 fully saturated rings. The maximum Gasteiger partial charge on any atom is 0.417 e. The quantitative estimate of drug-likeness (QED) is 0.822. The highest BCUT2D eigenvalue weighted by Gasteiger charge is 2.31. The maximum atomic E-state index is 12.6. The van der Waals surface area contributed by atoms with Crippen LogP contribution in [-0.2, 0) is 6.18 Å². The number of nitrogens with one attached hydrogen (secondary N) is 1. The number of pyridine rings is 2. The molecule has 1 aliphatic heterocycles. The highest BCUT2D eigenvalue weighted by atomic mass is 35.5. The van der Waals surface area contributed by atoms with Crippen molar-refractivity contribution in [2.45, 2.75) is 25.1 Å². The first-order valence-corrected chi connectivity index (χ1v) is 8.41. The Morgan fingerprint density at radius 3 is 2.73 bits per heavy atom. The fourth-order valence-electron chi connectivity index (χ4n) is 2.86. The number of halogens is 4. The minimum absolute atomic E-state index is 0.132. The number of hydrogen-bond acceptors (Lipinski definition) is 4. The van der Waals surface area contributed by atoms with Gasteiger partial charge in [0.05, 0.1) is 5.56 Å². The lowest BCUT2D eigenvalue weighted by Crippen LogP contribution is -2.48. The van der Waals surface area contributed by atoms with Crippen LogP contribution in [-0.4, -0.2) is 35.0 Å². The van der Waals surface area contributed by atoms with Gasteiger partial charge in [0.25, 0.3) is 5.91 Å². The van der Waals surface area contributed by atoms with Crippen LogP contribution >= 0.6 is 11.6 Å². The van der Waals surface area contributed by atoms with Crippen LogP contribution in [0.15, 0.2) is 36.7 Å². The average molecular weight is 385 g/mol. The van der Waals surface area contributed by atoms with Crippen molar-refractivity contribution < 1.29 is 18.0 Å². The fourth-order valence-corrected chi connectivity index (χ4v) is 3.03. The van der Waals surface area contributed by atoms with Gasteiger partial charge in [-0.05, 0) is 37.1 Å². The molecule has 3 heterocycles. The van der Waals surface area contributed by atoms with E-state index in [9.17, 15) is 18.0 Å². The molecule has 0 unspecified atom stereocenters. The lowest BCUT2D eigenvalue weighted by atomic mass is 10.0. The first-order valence-electron chi connectivity index (χ1n) is 8.03. The van der Waals surface area contributed by atoms with E-state index in [0.29, 0.717) is 24.5 Å². The van der Waals surface area contributed by atoms with E-state index < -0.39 is 11.7 Å². The smallest absolute Gasteiger partial charge is 0.355 e. The molecule has 1 aliphatic rings. The minimum atomic E-state index is -4.41. The standard InChI is InChI=1S/C17H16ClF3N4O/c18-14-8-11(5-6-22-14)16(26)24-13-2-1-7-25(10-13)15-4-3-12(9-23-15)17(19,20)21/h3-6,8-9,13H,1-2,7,10H2,(H,24,26)/t13-/m1/s1. The largest absolute Gasteiger partial charge is 0.417 e. The number of rotatable bonds is 3. The Balaban J connectivity index is 1.65. The van der Waals surface area contributed by atoms with E-state index in [2.05, 4.69) is 15.3 Å². The van der Waals surface area contributed by atoms with Crippen molar-refractivity contribution >= 4 is 23.3 Å². The molecule has 0 aromatic carbocycles. The molecule has 0 aliphatic carbocycles. The molecule has 2 aromatic heterocycles. The summed E-state index contributed by atoms with van der Waals surface area (Å²) < 4.78 is 37.9. The van der Waals surface area contributed by atoms with Gasteiger partial charge in [-0.3, -0.25) is 4.79 Å². The number of carbonyl (C=O) groups is 1. The van der Waals surface area contributed by atoms with Crippen LogP contribution in [0.4, 0.5) is 19.0 Å². The Morgan fingerprint density at radius 1 is 1.27 bits per heavy atom. The van der Waals surface area contributed by atoms with E-state index in [1.165, 1.54) is 18.3 Å². The van der Waals surface area contributed by atoms with Crippen LogP contribution in [0.25, 0.3) is 0 Å². The Labute approximate surface area is 153 Å². The molecular weight excluding hydrogens is 369 g/mol. The Bertz CT molecular complexity index is 782. The van der Waals surface area contributed by atoms with Crippen molar-refractivity contribution in [3.8, 4) is 0 Å². The summed E-state index contributed by atoms with van der Waals surface area (Å²) in [6.07, 6.45) is -0.546. The molecule has 26 heavy (non-hydrogen) atoms. The molecular formula is C17H16ClF3N4O. The number of alkyl halides is 3. The van der Waals surface area contributed by atoms with E-state index in [0.717, 1.165) is 25.1 Å². The first-order chi connectivity index (χ1) is 12.3. The van der Waals surface area contributed by atoms with Gasteiger partial charge >= 0.3 is 6.18 Å². The monoisotopic (exact) mass is 384 g/mol. The van der Waals surface area contributed by atoms with Crippen LogP contribution in [0.2, 0.25) is 5.15 Å². The van der Waals surface area contributed by atoms with Gasteiger partial charge < -0.3 is 10.2 Å². The van der Waals surface area contributed by atoms with Gasteiger partial charge in [-0.1, -0.05) is 11.6 Å². The molecule has 0 bridgehead atoms. The van der Waals surface area contributed by atoms with Gasteiger partial charge in [-0.15, -0.1) is 0 Å². The number of hydrogen-bond donors (Lipinski definition) is 1. The van der Waals surface area contributed by atoms with E-state index in [4.69, 9.17) is 11.6 Å². The summed E-state index contributed by atoms with van der Waals surface area (Å²) in [6.45, 7) is 1.15. The van der Waals surface area contributed by atoms with Crippen LogP contribution in [0.3, 0.4) is 0 Å². The fraction of sp³-hybridized carbons (Fsp3) is 0.353. The molecule has 3 rings (SSSR count). The third-order valence-electron chi connectivity index (χ3n) is 4.14. The normalized spacial score (nSPS) is 17.8. The van der Waals surface area contributed by atoms with Crippen molar-refractivity contribution in [3.63, 3.8) is 0 Å². The van der Waals surface area contributed by atoms with Crippen molar-refractivity contribution in [3.05, 3.63) is 52.9 Å². The highest BCUT2D eigenvalue weighted by molar-refractivity contribution is 6.29. The van der Waals surface area contributed by atoms with Gasteiger partial charge in [0.2, 0.25) is 0 Å². The molecule has 0 spiro atoms. The van der Waals surface area contributed by atoms with Crippen molar-refractivity contribution in [2.24, 2.45) is 0 Å². The maximum absolute atomic E-state index is 12.6. The zero-order valence-corrected chi connectivity index (χ0v) is 14.4. The van der Waals surface area contributed by atoms with Gasteiger partial charge in [0.1, 0.15) is 11.0 Å². The van der Waals surface area contributed by atoms with E-state index in [1.807, 2.05) is 4.90 Å². The number of anilines is 1. The van der Waals surface area contributed by atoms with Crippen LogP contribution < -0.4 is 10.2 Å². The number of amides is 1. The van der Waals surface area contributed by atoms with Crippen LogP contribution in [0, 0.1) is 0 Å². The molecule has 9 heteroatoms. The van der Waals surface area contributed by atoms with Gasteiger partial charge in [-0.25, -0.2) is 9.97 Å². The van der Waals surface area contributed by atoms with E-state index in [1.54, 1.807) is 6.07 Å². The Kier molecular flexibility index (Phi) is 5.31. The second-order valence-corrected chi connectivity index (χ2v) is 6.42. The van der Waals surface area contributed by atoms with Crippen molar-refractivity contribution in [2.75, 3.05) is 18.0 Å². The highest BCUT2D eigenvalue weighted by Crippen LogP contribution is 2.29. The molecule has 1 amide bonds. The van der Waals surface area contributed by atoms with E-state index in [-0.39, 0.29) is 17.1 Å². The Hall–Kier alpha value is -2.35. The van der Waals surface area contributed by atoms with Gasteiger partial charge in [0, 0.05) is 37.1 Å². The van der Waals surface area contributed by atoms with Crippen molar-refractivity contribution in [1.29, 1.82) is 0 Å². The predicted octanol–water partition coefficient (Wildman–Crippen LogP) is 3.55. The number of carbonyl (C=O) groups excluding carboxylic acids is 1. The summed E-state index contributed by atoms with van der Waals surface area (Å²) in [7, 11) is 0. The zero-order chi connectivity index (χ0) is 18.7. The van der Waals surface area contributed by atoms with Crippen molar-refractivity contribution in [1.82, 2.24) is 15.3 Å². The van der Waals surface area contributed by atoms with Crippen LogP contribution in [0.5, 0.6) is 0 Å². The summed E-state index contributed by atoms with van der Waals surface area (Å²) >= 11 is 5.79. The summed E-state index contributed by atoms with van der Waals surface area (Å²) in [5.41, 5.74) is -0.368. The number of aromatic nitrogens is 2. The second-order valence-electron chi connectivity index (χ2n) is 6.03. The third-order valence-corrected chi connectivity index (χ3v) is 4.35. The molecule has 1 atom stereocenters. The van der Waals surface area contributed by atoms with Gasteiger partial charge in [0.15, 0.2) is 0 Å².